The first kappa shape index (κ1) is 18.4. The summed E-state index contributed by atoms with van der Waals surface area (Å²) in [6.45, 7) is 0. The van der Waals surface area contributed by atoms with Gasteiger partial charge in [-0.3, -0.25) is 9.20 Å². The Balaban J connectivity index is 1.38. The highest BCUT2D eigenvalue weighted by molar-refractivity contribution is 7.99. The van der Waals surface area contributed by atoms with Gasteiger partial charge in [0.2, 0.25) is 5.91 Å². The third-order valence-corrected chi connectivity index (χ3v) is 7.19. The third-order valence-electron chi connectivity index (χ3n) is 5.04. The first-order valence-corrected chi connectivity index (χ1v) is 11.2. The van der Waals surface area contributed by atoms with Crippen LogP contribution in [0.4, 0.5) is 5.69 Å². The van der Waals surface area contributed by atoms with Crippen molar-refractivity contribution >= 4 is 50.6 Å². The molecular formula is C20H19N5O2S2. The number of nitrogens with one attached hydrogen (secondary N) is 1. The highest BCUT2D eigenvalue weighted by Crippen LogP contribution is 2.37. The van der Waals surface area contributed by atoms with Crippen LogP contribution >= 0.6 is 23.1 Å². The summed E-state index contributed by atoms with van der Waals surface area (Å²) >= 11 is 3.12. The van der Waals surface area contributed by atoms with E-state index in [9.17, 15) is 4.79 Å². The molecule has 1 amide bonds. The van der Waals surface area contributed by atoms with Gasteiger partial charge < -0.3 is 10.1 Å². The van der Waals surface area contributed by atoms with E-state index >= 15 is 0 Å². The minimum absolute atomic E-state index is 0.127. The van der Waals surface area contributed by atoms with Gasteiger partial charge in [0, 0.05) is 4.88 Å². The van der Waals surface area contributed by atoms with Gasteiger partial charge in [-0.2, -0.15) is 0 Å². The van der Waals surface area contributed by atoms with E-state index in [1.54, 1.807) is 24.8 Å². The summed E-state index contributed by atoms with van der Waals surface area (Å²) in [5, 5.41) is 13.4. The Morgan fingerprint density at radius 2 is 2.14 bits per heavy atom. The lowest BCUT2D eigenvalue weighted by molar-refractivity contribution is -0.113. The zero-order chi connectivity index (χ0) is 19.8. The largest absolute Gasteiger partial charge is 0.495 e. The fourth-order valence-electron chi connectivity index (χ4n) is 3.70. The summed E-state index contributed by atoms with van der Waals surface area (Å²) in [6.07, 6.45) is 6.42. The summed E-state index contributed by atoms with van der Waals surface area (Å²) in [5.41, 5.74) is 2.87. The fourth-order valence-corrected chi connectivity index (χ4v) is 5.62. The van der Waals surface area contributed by atoms with E-state index in [4.69, 9.17) is 4.74 Å². The van der Waals surface area contributed by atoms with Gasteiger partial charge >= 0.3 is 0 Å². The molecule has 0 atom stereocenters. The number of hydrogen-bond donors (Lipinski definition) is 1. The van der Waals surface area contributed by atoms with Crippen molar-refractivity contribution in [3.8, 4) is 5.75 Å². The summed E-state index contributed by atoms with van der Waals surface area (Å²) in [4.78, 5) is 19.5. The maximum atomic E-state index is 12.4. The van der Waals surface area contributed by atoms with E-state index in [1.165, 1.54) is 35.0 Å². The van der Waals surface area contributed by atoms with E-state index in [-0.39, 0.29) is 11.7 Å². The van der Waals surface area contributed by atoms with Crippen molar-refractivity contribution in [1.29, 1.82) is 0 Å². The average Bonchev–Trinajstić information content (AvgIpc) is 3.33. The number of carbonyl (C=O) groups excluding carboxylic acids is 1. The predicted octanol–water partition coefficient (Wildman–Crippen LogP) is 3.96. The fraction of sp³-hybridized carbons (Fsp3) is 0.300. The number of benzene rings is 1. The van der Waals surface area contributed by atoms with Gasteiger partial charge in [-0.1, -0.05) is 23.9 Å². The number of hydrogen-bond acceptors (Lipinski definition) is 7. The van der Waals surface area contributed by atoms with Crippen molar-refractivity contribution < 1.29 is 9.53 Å². The molecule has 3 aromatic heterocycles. The molecule has 4 aromatic rings. The van der Waals surface area contributed by atoms with Gasteiger partial charge in [0.1, 0.15) is 16.9 Å². The Morgan fingerprint density at radius 3 is 3.03 bits per heavy atom. The first-order valence-electron chi connectivity index (χ1n) is 9.44. The van der Waals surface area contributed by atoms with Gasteiger partial charge in [0.15, 0.2) is 10.8 Å². The Hall–Kier alpha value is -2.65. The van der Waals surface area contributed by atoms with Crippen LogP contribution in [0.15, 0.2) is 35.7 Å². The molecule has 9 heteroatoms. The summed E-state index contributed by atoms with van der Waals surface area (Å²) in [5.74, 6) is 0.726. The van der Waals surface area contributed by atoms with Crippen LogP contribution in [0.3, 0.4) is 0 Å². The second-order valence-corrected chi connectivity index (χ2v) is 8.88. The number of aryl methyl sites for hydroxylation is 2. The van der Waals surface area contributed by atoms with Crippen LogP contribution in [-0.4, -0.2) is 38.4 Å². The lowest BCUT2D eigenvalue weighted by atomic mass is 9.97. The lowest BCUT2D eigenvalue weighted by Crippen LogP contribution is -2.15. The van der Waals surface area contributed by atoms with Crippen LogP contribution in [0.2, 0.25) is 0 Å². The second kappa shape index (κ2) is 7.64. The molecule has 3 heterocycles. The van der Waals surface area contributed by atoms with E-state index in [0.29, 0.717) is 16.6 Å². The molecular weight excluding hydrogens is 406 g/mol. The zero-order valence-corrected chi connectivity index (χ0v) is 17.5. The predicted molar refractivity (Wildman–Crippen MR) is 115 cm³/mol. The van der Waals surface area contributed by atoms with Crippen LogP contribution in [-0.2, 0) is 17.6 Å². The topological polar surface area (TPSA) is 81.4 Å². The second-order valence-electron chi connectivity index (χ2n) is 6.85. The number of carbonyl (C=O) groups is 1. The number of nitrogens with zero attached hydrogens (tertiary/aromatic N) is 4. The minimum Gasteiger partial charge on any atom is -0.495 e. The van der Waals surface area contributed by atoms with Gasteiger partial charge in [0.05, 0.1) is 23.9 Å². The molecule has 1 aliphatic carbocycles. The smallest absolute Gasteiger partial charge is 0.234 e. The van der Waals surface area contributed by atoms with Crippen molar-refractivity contribution in [2.75, 3.05) is 18.2 Å². The van der Waals surface area contributed by atoms with E-state index in [0.717, 1.165) is 28.7 Å². The molecule has 29 heavy (non-hydrogen) atoms. The normalized spacial score (nSPS) is 13.6. The molecule has 5 rings (SSSR count). The van der Waals surface area contributed by atoms with Crippen LogP contribution in [0.25, 0.3) is 15.9 Å². The third kappa shape index (κ3) is 3.34. The monoisotopic (exact) mass is 425 g/mol. The number of thioether (sulfide) groups is 1. The Kier molecular flexibility index (Phi) is 4.84. The Morgan fingerprint density at radius 1 is 1.28 bits per heavy atom. The van der Waals surface area contributed by atoms with Crippen LogP contribution < -0.4 is 10.1 Å². The molecule has 1 N–H and O–H groups in total. The molecule has 1 aromatic carbocycles. The Labute approximate surface area is 175 Å². The van der Waals surface area contributed by atoms with E-state index in [1.807, 2.05) is 28.7 Å². The number of methoxy groups -OCH3 is 1. The number of thiophene rings is 1. The minimum atomic E-state index is -0.127. The summed E-state index contributed by atoms with van der Waals surface area (Å²) < 4.78 is 7.17. The summed E-state index contributed by atoms with van der Waals surface area (Å²) in [6, 6.07) is 7.35. The molecule has 1 aliphatic rings. The van der Waals surface area contributed by atoms with Gasteiger partial charge in [-0.05, 0) is 43.4 Å². The number of aromatic nitrogens is 4. The molecule has 0 saturated heterocycles. The molecule has 0 spiro atoms. The number of fused-ring (bicyclic) bond motifs is 5. The van der Waals surface area contributed by atoms with Crippen molar-refractivity contribution in [2.45, 2.75) is 30.8 Å². The van der Waals surface area contributed by atoms with Crippen molar-refractivity contribution in [3.63, 3.8) is 0 Å². The zero-order valence-electron chi connectivity index (χ0n) is 15.8. The SMILES string of the molecule is COc1ccccc1NC(=O)CSc1nnc2c3c4c(sc3ncn12)CCCC4. The number of anilines is 1. The molecule has 148 valence electrons. The van der Waals surface area contributed by atoms with Gasteiger partial charge in [-0.15, -0.1) is 21.5 Å². The quantitative estimate of drug-likeness (QED) is 0.488. The van der Waals surface area contributed by atoms with Crippen molar-refractivity contribution in [1.82, 2.24) is 19.6 Å². The van der Waals surface area contributed by atoms with Crippen LogP contribution in [0, 0.1) is 0 Å². The van der Waals surface area contributed by atoms with Gasteiger partial charge in [-0.25, -0.2) is 4.98 Å². The standard InChI is InChI=1S/C20H19N5O2S2/c1-27-14-8-4-3-7-13(14)22-16(26)10-28-20-24-23-18-17-12-6-2-5-9-15(12)29-19(17)21-11-25(18)20/h3-4,7-8,11H,2,5-6,9-10H2,1H3,(H,22,26). The van der Waals surface area contributed by atoms with Crippen molar-refractivity contribution in [3.05, 3.63) is 41.0 Å². The highest BCUT2D eigenvalue weighted by Gasteiger charge is 2.21. The van der Waals surface area contributed by atoms with Crippen LogP contribution in [0.1, 0.15) is 23.3 Å². The number of para-hydroxylation sites is 2. The van der Waals surface area contributed by atoms with E-state index < -0.39 is 0 Å². The molecule has 0 aliphatic heterocycles. The molecule has 7 nitrogen and oxygen atoms in total. The van der Waals surface area contributed by atoms with Crippen molar-refractivity contribution in [2.24, 2.45) is 0 Å². The lowest BCUT2D eigenvalue weighted by Gasteiger charge is -2.10. The summed E-state index contributed by atoms with van der Waals surface area (Å²) in [7, 11) is 1.58. The highest BCUT2D eigenvalue weighted by atomic mass is 32.2. The van der Waals surface area contributed by atoms with Crippen LogP contribution in [0.5, 0.6) is 5.75 Å². The maximum absolute atomic E-state index is 12.4. The molecule has 0 saturated carbocycles. The molecule has 0 fully saturated rings. The maximum Gasteiger partial charge on any atom is 0.234 e. The number of ether oxygens (including phenoxy) is 1. The Bertz CT molecular complexity index is 1220. The number of rotatable bonds is 5. The average molecular weight is 426 g/mol. The molecule has 0 unspecified atom stereocenters. The van der Waals surface area contributed by atoms with E-state index in [2.05, 4.69) is 20.5 Å². The molecule has 0 radical (unpaired) electrons. The first-order chi connectivity index (χ1) is 14.2. The molecule has 0 bridgehead atoms. The number of amides is 1. The van der Waals surface area contributed by atoms with Gasteiger partial charge in [0.25, 0.3) is 0 Å².